The maximum absolute atomic E-state index is 11.6. The van der Waals surface area contributed by atoms with Crippen molar-refractivity contribution in [1.29, 1.82) is 0 Å². The van der Waals surface area contributed by atoms with Gasteiger partial charge in [-0.3, -0.25) is 15.6 Å². The fourth-order valence-electron chi connectivity index (χ4n) is 2.65. The number of hydrogen-bond donors (Lipinski definition) is 3. The number of carbonyl (C=O) groups is 1. The van der Waals surface area contributed by atoms with E-state index in [9.17, 15) is 4.79 Å². The van der Waals surface area contributed by atoms with Crippen molar-refractivity contribution < 1.29 is 9.53 Å². The number of benzene rings is 1. The minimum Gasteiger partial charge on any atom is -0.484 e. The van der Waals surface area contributed by atoms with E-state index in [0.29, 0.717) is 16.8 Å². The summed E-state index contributed by atoms with van der Waals surface area (Å²) in [5.74, 6) is 1.10. The number of amides is 1. The number of thiocarbonyl (C=S) groups is 1. The van der Waals surface area contributed by atoms with Crippen LogP contribution >= 0.6 is 12.2 Å². The van der Waals surface area contributed by atoms with Crippen molar-refractivity contribution >= 4 is 23.2 Å². The summed E-state index contributed by atoms with van der Waals surface area (Å²) in [4.78, 5) is 11.6. The van der Waals surface area contributed by atoms with Crippen LogP contribution in [0.25, 0.3) is 0 Å². The highest BCUT2D eigenvalue weighted by Gasteiger charge is 2.15. The minimum atomic E-state index is -0.283. The quantitative estimate of drug-likeness (QED) is 0.586. The van der Waals surface area contributed by atoms with Crippen molar-refractivity contribution in [3.63, 3.8) is 0 Å². The molecule has 0 aromatic heterocycles. The summed E-state index contributed by atoms with van der Waals surface area (Å²) < 4.78 is 5.46. The highest BCUT2D eigenvalue weighted by Crippen LogP contribution is 2.33. The van der Waals surface area contributed by atoms with E-state index in [1.54, 1.807) is 7.05 Å². The molecular formula is C16H23N3O2S. The summed E-state index contributed by atoms with van der Waals surface area (Å²) >= 11 is 4.85. The normalized spacial score (nSPS) is 15.0. The smallest absolute Gasteiger partial charge is 0.276 e. The Morgan fingerprint density at radius 1 is 1.18 bits per heavy atom. The van der Waals surface area contributed by atoms with Gasteiger partial charge in [-0.15, -0.1) is 0 Å². The summed E-state index contributed by atoms with van der Waals surface area (Å²) in [5, 5.41) is 3.05. The Labute approximate surface area is 136 Å². The maximum atomic E-state index is 11.6. The second-order valence-electron chi connectivity index (χ2n) is 5.44. The Morgan fingerprint density at radius 2 is 1.86 bits per heavy atom. The Balaban J connectivity index is 1.76. The molecular weight excluding hydrogens is 298 g/mol. The van der Waals surface area contributed by atoms with Crippen molar-refractivity contribution in [2.45, 2.75) is 38.0 Å². The van der Waals surface area contributed by atoms with E-state index in [4.69, 9.17) is 17.0 Å². The summed E-state index contributed by atoms with van der Waals surface area (Å²) in [5.41, 5.74) is 6.38. The summed E-state index contributed by atoms with van der Waals surface area (Å²) in [6.45, 7) is -0.0535. The van der Waals surface area contributed by atoms with Crippen LogP contribution in [0.3, 0.4) is 0 Å². The number of hydrazine groups is 1. The molecule has 22 heavy (non-hydrogen) atoms. The van der Waals surface area contributed by atoms with Gasteiger partial charge in [-0.25, -0.2) is 0 Å². The van der Waals surface area contributed by atoms with E-state index in [2.05, 4.69) is 28.3 Å². The van der Waals surface area contributed by atoms with Gasteiger partial charge >= 0.3 is 0 Å². The third-order valence-corrected chi connectivity index (χ3v) is 4.18. The lowest BCUT2D eigenvalue weighted by atomic mass is 9.84. The summed E-state index contributed by atoms with van der Waals surface area (Å²) in [6.07, 6.45) is 6.56. The molecule has 2 rings (SSSR count). The highest BCUT2D eigenvalue weighted by atomic mass is 32.1. The number of nitrogens with one attached hydrogen (secondary N) is 3. The van der Waals surface area contributed by atoms with Crippen molar-refractivity contribution in [1.82, 2.24) is 16.2 Å². The molecule has 0 aliphatic heterocycles. The molecule has 1 aliphatic carbocycles. The van der Waals surface area contributed by atoms with E-state index in [0.717, 1.165) is 0 Å². The van der Waals surface area contributed by atoms with Gasteiger partial charge in [-0.2, -0.15) is 0 Å². The largest absolute Gasteiger partial charge is 0.484 e. The molecule has 0 spiro atoms. The third-order valence-electron chi connectivity index (χ3n) is 3.87. The Hall–Kier alpha value is -1.82. The van der Waals surface area contributed by atoms with Gasteiger partial charge in [0.15, 0.2) is 11.7 Å². The molecule has 0 radical (unpaired) electrons. The van der Waals surface area contributed by atoms with Crippen LogP contribution < -0.4 is 20.9 Å². The molecule has 1 aromatic rings. The second kappa shape index (κ2) is 8.58. The van der Waals surface area contributed by atoms with Crippen LogP contribution in [-0.2, 0) is 4.79 Å². The predicted molar refractivity (Wildman–Crippen MR) is 90.7 cm³/mol. The van der Waals surface area contributed by atoms with E-state index in [-0.39, 0.29) is 12.5 Å². The fraction of sp³-hybridized carbons (Fsp3) is 0.500. The van der Waals surface area contributed by atoms with E-state index in [1.165, 1.54) is 37.7 Å². The Morgan fingerprint density at radius 3 is 2.50 bits per heavy atom. The first-order chi connectivity index (χ1) is 10.7. The van der Waals surface area contributed by atoms with Crippen LogP contribution in [-0.4, -0.2) is 24.7 Å². The average Bonchev–Trinajstić information content (AvgIpc) is 2.59. The number of rotatable bonds is 4. The monoisotopic (exact) mass is 321 g/mol. The zero-order valence-corrected chi connectivity index (χ0v) is 13.7. The molecule has 5 nitrogen and oxygen atoms in total. The summed E-state index contributed by atoms with van der Waals surface area (Å²) in [7, 11) is 1.67. The van der Waals surface area contributed by atoms with Crippen LogP contribution in [0.2, 0.25) is 0 Å². The molecule has 0 bridgehead atoms. The van der Waals surface area contributed by atoms with Gasteiger partial charge in [0.05, 0.1) is 0 Å². The lowest BCUT2D eigenvalue weighted by Gasteiger charge is -2.22. The molecule has 0 saturated heterocycles. The lowest BCUT2D eigenvalue weighted by Crippen LogP contribution is -2.47. The van der Waals surface area contributed by atoms with E-state index < -0.39 is 0 Å². The van der Waals surface area contributed by atoms with Crippen LogP contribution in [0.15, 0.2) is 24.3 Å². The fourth-order valence-corrected chi connectivity index (χ4v) is 2.70. The molecule has 1 aromatic carbocycles. The molecule has 0 heterocycles. The molecule has 3 N–H and O–H groups in total. The first kappa shape index (κ1) is 16.5. The van der Waals surface area contributed by atoms with Crippen LogP contribution in [0.4, 0.5) is 0 Å². The van der Waals surface area contributed by atoms with Gasteiger partial charge in [0, 0.05) is 7.05 Å². The van der Waals surface area contributed by atoms with Crippen LogP contribution in [0, 0.1) is 0 Å². The van der Waals surface area contributed by atoms with Gasteiger partial charge in [0.25, 0.3) is 5.91 Å². The van der Waals surface area contributed by atoms with Crippen molar-refractivity contribution in [2.24, 2.45) is 0 Å². The first-order valence-electron chi connectivity index (χ1n) is 7.68. The molecule has 1 saturated carbocycles. The predicted octanol–water partition coefficient (Wildman–Crippen LogP) is 2.24. The number of carbonyl (C=O) groups excluding carboxylic acids is 1. The second-order valence-corrected chi connectivity index (χ2v) is 5.85. The Bertz CT molecular complexity index is 499. The van der Waals surface area contributed by atoms with Gasteiger partial charge in [0.1, 0.15) is 5.75 Å². The zero-order valence-electron chi connectivity index (χ0n) is 12.9. The molecule has 1 fully saturated rings. The molecule has 1 amide bonds. The Kier molecular flexibility index (Phi) is 6.45. The molecule has 0 unspecified atom stereocenters. The van der Waals surface area contributed by atoms with E-state index in [1.807, 2.05) is 12.1 Å². The zero-order chi connectivity index (χ0) is 15.8. The molecule has 6 heteroatoms. The maximum Gasteiger partial charge on any atom is 0.276 e. The lowest BCUT2D eigenvalue weighted by molar-refractivity contribution is -0.123. The number of hydrogen-bond acceptors (Lipinski definition) is 3. The molecule has 0 atom stereocenters. The average molecular weight is 321 g/mol. The van der Waals surface area contributed by atoms with Gasteiger partial charge in [0.2, 0.25) is 0 Å². The minimum absolute atomic E-state index is 0.0535. The molecule has 120 valence electrons. The van der Waals surface area contributed by atoms with Gasteiger partial charge < -0.3 is 10.1 Å². The topological polar surface area (TPSA) is 62.4 Å². The first-order valence-corrected chi connectivity index (χ1v) is 8.09. The standard InChI is InChI=1S/C16H23N3O2S/c1-17-16(22)19-18-15(20)11-21-14-9-7-13(8-10-14)12-5-3-2-4-6-12/h7-10,12H,2-6,11H2,1H3,(H,18,20)(H2,17,19,22). The van der Waals surface area contributed by atoms with Crippen molar-refractivity contribution in [3.8, 4) is 5.75 Å². The number of ether oxygens (including phenoxy) is 1. The van der Waals surface area contributed by atoms with Crippen molar-refractivity contribution in [2.75, 3.05) is 13.7 Å². The molecule has 1 aliphatic rings. The van der Waals surface area contributed by atoms with E-state index >= 15 is 0 Å². The van der Waals surface area contributed by atoms with Crippen LogP contribution in [0.5, 0.6) is 5.75 Å². The SMILES string of the molecule is CNC(=S)NNC(=O)COc1ccc(C2CCCCC2)cc1. The van der Waals surface area contributed by atoms with Crippen LogP contribution in [0.1, 0.15) is 43.6 Å². The van der Waals surface area contributed by atoms with Gasteiger partial charge in [-0.1, -0.05) is 31.4 Å². The highest BCUT2D eigenvalue weighted by molar-refractivity contribution is 7.80. The van der Waals surface area contributed by atoms with Gasteiger partial charge in [-0.05, 0) is 48.7 Å². The third kappa shape index (κ3) is 5.18. The summed E-state index contributed by atoms with van der Waals surface area (Å²) in [6, 6.07) is 8.08. The van der Waals surface area contributed by atoms with Crippen molar-refractivity contribution in [3.05, 3.63) is 29.8 Å².